The Kier molecular flexibility index (Phi) is 3.99. The number of H-pyrrole nitrogens is 1. The highest BCUT2D eigenvalue weighted by molar-refractivity contribution is 6.17. The number of amides is 1. The van der Waals surface area contributed by atoms with Gasteiger partial charge in [-0.15, -0.1) is 11.6 Å². The van der Waals surface area contributed by atoms with Gasteiger partial charge in [-0.05, 0) is 23.9 Å². The zero-order chi connectivity index (χ0) is 13.0. The number of fused-ring (bicyclic) bond motifs is 1. The number of hydrogen-bond donors (Lipinski definition) is 2. The summed E-state index contributed by atoms with van der Waals surface area (Å²) in [4.78, 5) is 26.3. The largest absolute Gasteiger partial charge is 0.352 e. The molecule has 0 saturated carbocycles. The highest BCUT2D eigenvalue weighted by atomic mass is 35.5. The van der Waals surface area contributed by atoms with Gasteiger partial charge in [-0.3, -0.25) is 9.59 Å². The first-order chi connectivity index (χ1) is 8.72. The Balaban J connectivity index is 2.30. The number of nitrogens with one attached hydrogen (secondary N) is 2. The van der Waals surface area contributed by atoms with E-state index < -0.39 is 0 Å². The maximum absolute atomic E-state index is 11.8. The number of aromatic nitrogens is 1. The van der Waals surface area contributed by atoms with E-state index in [0.717, 1.165) is 10.9 Å². The quantitative estimate of drug-likeness (QED) is 0.654. The SMILES string of the molecule is O=C(NCCCCl)c1cc2ccccc2[nH]c1=O. The number of rotatable bonds is 4. The van der Waals surface area contributed by atoms with Crippen LogP contribution in [0.5, 0.6) is 0 Å². The van der Waals surface area contributed by atoms with E-state index >= 15 is 0 Å². The maximum atomic E-state index is 11.8. The summed E-state index contributed by atoms with van der Waals surface area (Å²) in [5, 5.41) is 3.49. The summed E-state index contributed by atoms with van der Waals surface area (Å²) in [6.45, 7) is 0.467. The van der Waals surface area contributed by atoms with Gasteiger partial charge in [-0.2, -0.15) is 0 Å². The molecule has 0 spiro atoms. The normalized spacial score (nSPS) is 10.5. The third-order valence-corrected chi connectivity index (χ3v) is 2.86. The van der Waals surface area contributed by atoms with Crippen LogP contribution in [0.4, 0.5) is 0 Å². The topological polar surface area (TPSA) is 62.0 Å². The first-order valence-corrected chi connectivity index (χ1v) is 6.22. The summed E-state index contributed by atoms with van der Waals surface area (Å²) in [5.74, 6) is 0.112. The van der Waals surface area contributed by atoms with Gasteiger partial charge >= 0.3 is 0 Å². The fraction of sp³-hybridized carbons (Fsp3) is 0.231. The molecule has 0 aliphatic rings. The molecule has 1 aromatic heterocycles. The van der Waals surface area contributed by atoms with Crippen LogP contribution in [0.25, 0.3) is 10.9 Å². The monoisotopic (exact) mass is 264 g/mol. The molecule has 0 unspecified atom stereocenters. The zero-order valence-electron chi connectivity index (χ0n) is 9.70. The molecule has 2 N–H and O–H groups in total. The molecule has 0 aliphatic carbocycles. The number of para-hydroxylation sites is 1. The Labute approximate surface area is 109 Å². The van der Waals surface area contributed by atoms with Gasteiger partial charge < -0.3 is 10.3 Å². The molecule has 0 radical (unpaired) electrons. The molecule has 94 valence electrons. The molecule has 2 aromatic rings. The summed E-state index contributed by atoms with van der Waals surface area (Å²) in [7, 11) is 0. The van der Waals surface area contributed by atoms with Crippen molar-refractivity contribution in [1.29, 1.82) is 0 Å². The number of hydrogen-bond acceptors (Lipinski definition) is 2. The molecule has 0 saturated heterocycles. The zero-order valence-corrected chi connectivity index (χ0v) is 10.5. The van der Waals surface area contributed by atoms with Crippen molar-refractivity contribution < 1.29 is 4.79 Å². The number of aromatic amines is 1. The molecule has 18 heavy (non-hydrogen) atoms. The molecule has 1 amide bonds. The molecule has 0 bridgehead atoms. The first kappa shape index (κ1) is 12.6. The van der Waals surface area contributed by atoms with Crippen LogP contribution in [0.2, 0.25) is 0 Å². The minimum atomic E-state index is -0.378. The molecular weight excluding hydrogens is 252 g/mol. The van der Waals surface area contributed by atoms with Crippen LogP contribution < -0.4 is 10.9 Å². The Morgan fingerprint density at radius 1 is 1.33 bits per heavy atom. The van der Waals surface area contributed by atoms with Crippen molar-refractivity contribution >= 4 is 28.4 Å². The van der Waals surface area contributed by atoms with Crippen molar-refractivity contribution in [2.45, 2.75) is 6.42 Å². The highest BCUT2D eigenvalue weighted by Crippen LogP contribution is 2.09. The number of alkyl halides is 1. The molecule has 1 heterocycles. The van der Waals surface area contributed by atoms with Crippen LogP contribution in [0.3, 0.4) is 0 Å². The fourth-order valence-electron chi connectivity index (χ4n) is 1.68. The summed E-state index contributed by atoms with van der Waals surface area (Å²) < 4.78 is 0. The summed E-state index contributed by atoms with van der Waals surface area (Å²) in [5.41, 5.74) is 0.472. The van der Waals surface area contributed by atoms with Crippen molar-refractivity contribution in [1.82, 2.24) is 10.3 Å². The van der Waals surface area contributed by atoms with Crippen LogP contribution in [-0.4, -0.2) is 23.3 Å². The Hall–Kier alpha value is -1.81. The van der Waals surface area contributed by atoms with Crippen molar-refractivity contribution in [3.63, 3.8) is 0 Å². The van der Waals surface area contributed by atoms with Gasteiger partial charge in [0.2, 0.25) is 0 Å². The summed E-state index contributed by atoms with van der Waals surface area (Å²) in [6, 6.07) is 8.94. The predicted octanol–water partition coefficient (Wildman–Crippen LogP) is 1.89. The van der Waals surface area contributed by atoms with E-state index in [1.807, 2.05) is 18.2 Å². The third kappa shape index (κ3) is 2.71. The van der Waals surface area contributed by atoms with E-state index in [2.05, 4.69) is 10.3 Å². The van der Waals surface area contributed by atoms with Gasteiger partial charge in [0.25, 0.3) is 11.5 Å². The predicted molar refractivity (Wildman–Crippen MR) is 72.2 cm³/mol. The number of pyridine rings is 1. The molecule has 0 atom stereocenters. The van der Waals surface area contributed by atoms with E-state index in [1.165, 1.54) is 0 Å². The van der Waals surface area contributed by atoms with Crippen molar-refractivity contribution in [3.8, 4) is 0 Å². The second kappa shape index (κ2) is 5.69. The third-order valence-electron chi connectivity index (χ3n) is 2.59. The summed E-state index contributed by atoms with van der Waals surface area (Å²) >= 11 is 5.52. The molecule has 2 rings (SSSR count). The van der Waals surface area contributed by atoms with Crippen molar-refractivity contribution in [2.75, 3.05) is 12.4 Å². The Morgan fingerprint density at radius 3 is 2.89 bits per heavy atom. The van der Waals surface area contributed by atoms with E-state index in [1.54, 1.807) is 12.1 Å². The van der Waals surface area contributed by atoms with E-state index in [0.29, 0.717) is 18.8 Å². The molecule has 5 heteroatoms. The molecular formula is C13H13ClN2O2. The second-order valence-electron chi connectivity index (χ2n) is 3.90. The number of benzene rings is 1. The lowest BCUT2D eigenvalue weighted by molar-refractivity contribution is 0.0952. The molecule has 4 nitrogen and oxygen atoms in total. The van der Waals surface area contributed by atoms with E-state index in [4.69, 9.17) is 11.6 Å². The average molecular weight is 265 g/mol. The molecule has 0 fully saturated rings. The summed E-state index contributed by atoms with van der Waals surface area (Å²) in [6.07, 6.45) is 0.679. The van der Waals surface area contributed by atoms with Crippen molar-refractivity contribution in [3.05, 3.63) is 46.2 Å². The van der Waals surface area contributed by atoms with Gasteiger partial charge in [-0.1, -0.05) is 18.2 Å². The van der Waals surface area contributed by atoms with Crippen LogP contribution >= 0.6 is 11.6 Å². The van der Waals surface area contributed by atoms with Crippen molar-refractivity contribution in [2.24, 2.45) is 0 Å². The van der Waals surface area contributed by atoms with E-state index in [-0.39, 0.29) is 17.0 Å². The van der Waals surface area contributed by atoms with Gasteiger partial charge in [0.05, 0.1) is 0 Å². The first-order valence-electron chi connectivity index (χ1n) is 5.68. The number of carbonyl (C=O) groups is 1. The van der Waals surface area contributed by atoms with Gasteiger partial charge in [0, 0.05) is 17.9 Å². The smallest absolute Gasteiger partial charge is 0.261 e. The standard InChI is InChI=1S/C13H13ClN2O2/c14-6-3-7-15-12(17)10-8-9-4-1-2-5-11(9)16-13(10)18/h1-2,4-5,8H,3,6-7H2,(H,15,17)(H,16,18). The maximum Gasteiger partial charge on any atom is 0.261 e. The Bertz CT molecular complexity index is 622. The highest BCUT2D eigenvalue weighted by Gasteiger charge is 2.10. The van der Waals surface area contributed by atoms with Crippen LogP contribution in [-0.2, 0) is 0 Å². The number of halogens is 1. The van der Waals surface area contributed by atoms with Gasteiger partial charge in [0.1, 0.15) is 5.56 Å². The van der Waals surface area contributed by atoms with Crippen LogP contribution in [0, 0.1) is 0 Å². The lowest BCUT2D eigenvalue weighted by Gasteiger charge is -2.04. The lowest BCUT2D eigenvalue weighted by atomic mass is 10.1. The van der Waals surface area contributed by atoms with Crippen LogP contribution in [0.1, 0.15) is 16.8 Å². The van der Waals surface area contributed by atoms with Gasteiger partial charge in [0.15, 0.2) is 0 Å². The van der Waals surface area contributed by atoms with Crippen LogP contribution in [0.15, 0.2) is 35.1 Å². The average Bonchev–Trinajstić information content (AvgIpc) is 2.38. The second-order valence-corrected chi connectivity index (χ2v) is 4.28. The molecule has 1 aromatic carbocycles. The van der Waals surface area contributed by atoms with Gasteiger partial charge in [-0.25, -0.2) is 0 Å². The number of carbonyl (C=O) groups excluding carboxylic acids is 1. The lowest BCUT2D eigenvalue weighted by Crippen LogP contribution is -2.30. The minimum Gasteiger partial charge on any atom is -0.352 e. The Morgan fingerprint density at radius 2 is 2.11 bits per heavy atom. The molecule has 0 aliphatic heterocycles. The van der Waals surface area contributed by atoms with E-state index in [9.17, 15) is 9.59 Å². The fourth-order valence-corrected chi connectivity index (χ4v) is 1.81. The minimum absolute atomic E-state index is 0.128.